The molecule has 0 unspecified atom stereocenters. The van der Waals surface area contributed by atoms with Crippen LogP contribution in [0.4, 0.5) is 0 Å². The Morgan fingerprint density at radius 2 is 2.05 bits per heavy atom. The van der Waals surface area contributed by atoms with Gasteiger partial charge in [0.2, 0.25) is 0 Å². The lowest BCUT2D eigenvalue weighted by atomic mass is 10.2. The Kier molecular flexibility index (Phi) is 3.64. The fourth-order valence-electron chi connectivity index (χ4n) is 2.21. The van der Waals surface area contributed by atoms with Crippen LogP contribution in [0.15, 0.2) is 48.8 Å². The first kappa shape index (κ1) is 13.3. The number of carbonyl (C=O) groups excluding carboxylic acids is 1. The number of nitrogens with zero attached hydrogens (tertiary/aromatic N) is 3. The fourth-order valence-corrected chi connectivity index (χ4v) is 2.21. The smallest absolute Gasteiger partial charge is 0.253 e. The number of aryl methyl sites for hydroxylation is 1. The highest BCUT2D eigenvalue weighted by atomic mass is 16.1. The zero-order valence-electron chi connectivity index (χ0n) is 11.8. The molecule has 0 aliphatic heterocycles. The zero-order chi connectivity index (χ0) is 14.7. The molecule has 0 aliphatic carbocycles. The summed E-state index contributed by atoms with van der Waals surface area (Å²) >= 11 is 0. The summed E-state index contributed by atoms with van der Waals surface area (Å²) in [6, 6.07) is 11.6. The molecule has 0 fully saturated rings. The van der Waals surface area contributed by atoms with Crippen molar-refractivity contribution in [3.63, 3.8) is 0 Å². The first-order valence-corrected chi connectivity index (χ1v) is 6.91. The third kappa shape index (κ3) is 2.76. The van der Waals surface area contributed by atoms with Crippen LogP contribution < -0.4 is 5.32 Å². The van der Waals surface area contributed by atoms with E-state index in [0.717, 1.165) is 23.1 Å². The number of rotatable bonds is 4. The van der Waals surface area contributed by atoms with Gasteiger partial charge in [0, 0.05) is 24.7 Å². The number of fused-ring (bicyclic) bond motifs is 1. The van der Waals surface area contributed by atoms with Gasteiger partial charge in [-0.1, -0.05) is 30.3 Å². The van der Waals surface area contributed by atoms with Gasteiger partial charge >= 0.3 is 0 Å². The van der Waals surface area contributed by atoms with Crippen LogP contribution in [0.25, 0.3) is 11.0 Å². The van der Waals surface area contributed by atoms with Gasteiger partial charge in [0.05, 0.1) is 11.8 Å². The van der Waals surface area contributed by atoms with Gasteiger partial charge in [0.1, 0.15) is 0 Å². The Labute approximate surface area is 122 Å². The molecule has 0 aliphatic rings. The summed E-state index contributed by atoms with van der Waals surface area (Å²) in [7, 11) is 0. The van der Waals surface area contributed by atoms with E-state index < -0.39 is 0 Å². The van der Waals surface area contributed by atoms with E-state index in [2.05, 4.69) is 15.4 Å². The van der Waals surface area contributed by atoms with Crippen molar-refractivity contribution in [3.8, 4) is 0 Å². The average Bonchev–Trinajstić information content (AvgIpc) is 2.95. The lowest BCUT2D eigenvalue weighted by Gasteiger charge is -2.05. The van der Waals surface area contributed by atoms with Crippen LogP contribution in [0.5, 0.6) is 0 Å². The van der Waals surface area contributed by atoms with Gasteiger partial charge < -0.3 is 5.32 Å². The monoisotopic (exact) mass is 280 g/mol. The van der Waals surface area contributed by atoms with E-state index >= 15 is 0 Å². The normalized spacial score (nSPS) is 10.7. The van der Waals surface area contributed by atoms with Crippen LogP contribution in [-0.4, -0.2) is 20.7 Å². The maximum absolute atomic E-state index is 12.2. The Bertz CT molecular complexity index is 764. The summed E-state index contributed by atoms with van der Waals surface area (Å²) in [4.78, 5) is 16.5. The topological polar surface area (TPSA) is 59.8 Å². The minimum Gasteiger partial charge on any atom is -0.348 e. The van der Waals surface area contributed by atoms with Crippen molar-refractivity contribution in [2.45, 2.75) is 20.0 Å². The van der Waals surface area contributed by atoms with Crippen molar-refractivity contribution in [2.24, 2.45) is 0 Å². The van der Waals surface area contributed by atoms with Crippen molar-refractivity contribution in [3.05, 3.63) is 59.9 Å². The SMILES string of the molecule is CCn1ncc2cc(C(=O)NCc3ccccc3)cnc21. The summed E-state index contributed by atoms with van der Waals surface area (Å²) in [6.07, 6.45) is 3.33. The first-order chi connectivity index (χ1) is 10.3. The van der Waals surface area contributed by atoms with Gasteiger partial charge in [-0.05, 0) is 18.6 Å². The van der Waals surface area contributed by atoms with Crippen LogP contribution in [0.1, 0.15) is 22.8 Å². The van der Waals surface area contributed by atoms with E-state index in [0.29, 0.717) is 12.1 Å². The zero-order valence-corrected chi connectivity index (χ0v) is 11.8. The van der Waals surface area contributed by atoms with E-state index in [1.807, 2.05) is 43.3 Å². The second-order valence-electron chi connectivity index (χ2n) is 4.77. The number of nitrogens with one attached hydrogen (secondary N) is 1. The summed E-state index contributed by atoms with van der Waals surface area (Å²) in [5.74, 6) is -0.127. The van der Waals surface area contributed by atoms with Crippen LogP contribution in [0.2, 0.25) is 0 Å². The highest BCUT2D eigenvalue weighted by Crippen LogP contribution is 2.13. The molecule has 5 nitrogen and oxygen atoms in total. The maximum Gasteiger partial charge on any atom is 0.253 e. The molecule has 0 saturated heterocycles. The van der Waals surface area contributed by atoms with E-state index in [1.165, 1.54) is 0 Å². The molecule has 106 valence electrons. The molecule has 5 heteroatoms. The fraction of sp³-hybridized carbons (Fsp3) is 0.188. The summed E-state index contributed by atoms with van der Waals surface area (Å²) < 4.78 is 1.81. The van der Waals surface area contributed by atoms with Gasteiger partial charge in [-0.15, -0.1) is 0 Å². The number of hydrogen-bond acceptors (Lipinski definition) is 3. The number of aromatic nitrogens is 3. The van der Waals surface area contributed by atoms with E-state index in [1.54, 1.807) is 17.1 Å². The predicted molar refractivity (Wildman–Crippen MR) is 80.8 cm³/mol. The number of pyridine rings is 1. The van der Waals surface area contributed by atoms with Crippen molar-refractivity contribution >= 4 is 16.9 Å². The number of amides is 1. The molecule has 0 saturated carbocycles. The van der Waals surface area contributed by atoms with Crippen LogP contribution >= 0.6 is 0 Å². The molecule has 21 heavy (non-hydrogen) atoms. The predicted octanol–water partition coefficient (Wildman–Crippen LogP) is 2.38. The van der Waals surface area contributed by atoms with Crippen molar-refractivity contribution in [1.82, 2.24) is 20.1 Å². The molecular weight excluding hydrogens is 264 g/mol. The van der Waals surface area contributed by atoms with Gasteiger partial charge in [-0.3, -0.25) is 4.79 Å². The van der Waals surface area contributed by atoms with Gasteiger partial charge in [-0.2, -0.15) is 5.10 Å². The summed E-state index contributed by atoms with van der Waals surface area (Å²) in [6.45, 7) is 3.27. The molecule has 0 bridgehead atoms. The van der Waals surface area contributed by atoms with Crippen LogP contribution in [0.3, 0.4) is 0 Å². The number of hydrogen-bond donors (Lipinski definition) is 1. The van der Waals surface area contributed by atoms with E-state index in [-0.39, 0.29) is 5.91 Å². The second kappa shape index (κ2) is 5.75. The highest BCUT2D eigenvalue weighted by Gasteiger charge is 2.09. The quantitative estimate of drug-likeness (QED) is 0.798. The third-order valence-electron chi connectivity index (χ3n) is 3.33. The lowest BCUT2D eigenvalue weighted by Crippen LogP contribution is -2.22. The van der Waals surface area contributed by atoms with E-state index in [4.69, 9.17) is 0 Å². The molecule has 1 N–H and O–H groups in total. The summed E-state index contributed by atoms with van der Waals surface area (Å²) in [5.41, 5.74) is 2.42. The third-order valence-corrected chi connectivity index (χ3v) is 3.33. The largest absolute Gasteiger partial charge is 0.348 e. The van der Waals surface area contributed by atoms with Crippen LogP contribution in [0, 0.1) is 0 Å². The molecule has 2 heterocycles. The van der Waals surface area contributed by atoms with Gasteiger partial charge in [0.15, 0.2) is 5.65 Å². The second-order valence-corrected chi connectivity index (χ2v) is 4.77. The molecule has 2 aromatic heterocycles. The Morgan fingerprint density at radius 3 is 2.81 bits per heavy atom. The molecule has 3 aromatic rings. The molecule has 1 aromatic carbocycles. The number of carbonyl (C=O) groups is 1. The Hall–Kier alpha value is -2.69. The van der Waals surface area contributed by atoms with Crippen molar-refractivity contribution < 1.29 is 4.79 Å². The van der Waals surface area contributed by atoms with Crippen molar-refractivity contribution in [1.29, 1.82) is 0 Å². The summed E-state index contributed by atoms with van der Waals surface area (Å²) in [5, 5.41) is 8.00. The highest BCUT2D eigenvalue weighted by molar-refractivity contribution is 5.96. The Balaban J connectivity index is 1.75. The standard InChI is InChI=1S/C16H16N4O/c1-2-20-15-13(11-19-20)8-14(10-17-15)16(21)18-9-12-6-4-3-5-7-12/h3-8,10-11H,2,9H2,1H3,(H,18,21). The molecule has 0 radical (unpaired) electrons. The average molecular weight is 280 g/mol. The van der Waals surface area contributed by atoms with Crippen LogP contribution in [-0.2, 0) is 13.1 Å². The molecular formula is C16H16N4O. The lowest BCUT2D eigenvalue weighted by molar-refractivity contribution is 0.0950. The Morgan fingerprint density at radius 1 is 1.24 bits per heavy atom. The van der Waals surface area contributed by atoms with Crippen molar-refractivity contribution in [2.75, 3.05) is 0 Å². The molecule has 0 atom stereocenters. The van der Waals surface area contributed by atoms with Gasteiger partial charge in [0.25, 0.3) is 5.91 Å². The number of benzene rings is 1. The molecule has 0 spiro atoms. The van der Waals surface area contributed by atoms with Gasteiger partial charge in [-0.25, -0.2) is 9.67 Å². The first-order valence-electron chi connectivity index (χ1n) is 6.91. The molecule has 1 amide bonds. The maximum atomic E-state index is 12.2. The minimum absolute atomic E-state index is 0.127. The van der Waals surface area contributed by atoms with E-state index in [9.17, 15) is 4.79 Å². The molecule has 3 rings (SSSR count). The minimum atomic E-state index is -0.127.